The lowest BCUT2D eigenvalue weighted by atomic mass is 9.96. The number of aromatic nitrogens is 1. The molecule has 1 aliphatic rings. The predicted octanol–water partition coefficient (Wildman–Crippen LogP) is 11.6. The molecule has 0 saturated carbocycles. The molecule has 6 nitrogen and oxygen atoms in total. The van der Waals surface area contributed by atoms with Crippen molar-refractivity contribution in [2.45, 2.75) is 32.6 Å². The Labute approximate surface area is 271 Å². The minimum absolute atomic E-state index is 0.124. The standard InChI is InChI=1S/C34H28F6N6S/c1-3-30(42-21(2)41-26-12-6-10-24(18-26)33(35,36)37)22-8-4-14-28(16-22)45-46-29-15-5-9-23(17-29)31-20-47-32(44-31)43-27-13-7-11-25(19-27)34(38,39)40/h3-7,9-20,22H,8H2,1-2H3,(H,41,42)(H,43,44)/b30-3-,46-45?. The number of nitrogens with one attached hydrogen (secondary N) is 2. The van der Waals surface area contributed by atoms with Crippen LogP contribution in [0, 0.1) is 5.92 Å². The van der Waals surface area contributed by atoms with Gasteiger partial charge in [-0.05, 0) is 81.0 Å². The van der Waals surface area contributed by atoms with Crippen molar-refractivity contribution < 1.29 is 26.3 Å². The van der Waals surface area contributed by atoms with Crippen LogP contribution in [-0.2, 0) is 12.4 Å². The molecule has 0 saturated heterocycles. The molecule has 0 amide bonds. The van der Waals surface area contributed by atoms with Crippen molar-refractivity contribution in [1.82, 2.24) is 4.98 Å². The predicted molar refractivity (Wildman–Crippen MR) is 174 cm³/mol. The Bertz CT molecular complexity index is 1880. The molecule has 2 N–H and O–H groups in total. The topological polar surface area (TPSA) is 74.0 Å². The van der Waals surface area contributed by atoms with Crippen molar-refractivity contribution in [2.24, 2.45) is 21.1 Å². The number of hydrogen-bond acceptors (Lipinski definition) is 6. The highest BCUT2D eigenvalue weighted by Gasteiger charge is 2.31. The van der Waals surface area contributed by atoms with Gasteiger partial charge in [-0.1, -0.05) is 36.4 Å². The van der Waals surface area contributed by atoms with Gasteiger partial charge in [-0.15, -0.1) is 11.3 Å². The maximum atomic E-state index is 13.1. The number of allylic oxidation sites excluding steroid dienone is 4. The van der Waals surface area contributed by atoms with Gasteiger partial charge in [0, 0.05) is 33.9 Å². The van der Waals surface area contributed by atoms with E-state index >= 15 is 0 Å². The number of halogens is 6. The fraction of sp³-hybridized carbons (Fsp3) is 0.176. The normalized spacial score (nSPS) is 16.0. The second kappa shape index (κ2) is 14.2. The molecule has 1 aliphatic carbocycles. The largest absolute Gasteiger partial charge is 0.416 e. The molecule has 1 atom stereocenters. The molecule has 0 aliphatic heterocycles. The van der Waals surface area contributed by atoms with E-state index in [4.69, 9.17) is 0 Å². The van der Waals surface area contributed by atoms with Crippen LogP contribution in [0.25, 0.3) is 11.3 Å². The smallest absolute Gasteiger partial charge is 0.344 e. The lowest BCUT2D eigenvalue weighted by Crippen LogP contribution is -2.12. The van der Waals surface area contributed by atoms with Crippen LogP contribution in [0.4, 0.5) is 48.5 Å². The van der Waals surface area contributed by atoms with Gasteiger partial charge < -0.3 is 10.6 Å². The third kappa shape index (κ3) is 9.03. The fourth-order valence-electron chi connectivity index (χ4n) is 4.71. The number of alkyl halides is 6. The number of rotatable bonds is 8. The van der Waals surface area contributed by atoms with Gasteiger partial charge in [0.05, 0.1) is 28.2 Å². The van der Waals surface area contributed by atoms with E-state index in [0.717, 1.165) is 35.5 Å². The first kappa shape index (κ1) is 33.3. The molecule has 0 bridgehead atoms. The zero-order chi connectivity index (χ0) is 33.6. The first-order chi connectivity index (χ1) is 22.4. The van der Waals surface area contributed by atoms with Crippen molar-refractivity contribution >= 4 is 39.4 Å². The summed E-state index contributed by atoms with van der Waals surface area (Å²) in [7, 11) is 0. The number of nitrogens with zero attached hydrogens (tertiary/aromatic N) is 4. The Hall–Kier alpha value is -5.04. The highest BCUT2D eigenvalue weighted by atomic mass is 32.1. The third-order valence-corrected chi connectivity index (χ3v) is 7.66. The van der Waals surface area contributed by atoms with Crippen LogP contribution < -0.4 is 10.6 Å². The van der Waals surface area contributed by atoms with E-state index < -0.39 is 23.5 Å². The SMILES string of the molecule is C/C=C(\N=C(C)Nc1cccc(C(F)(F)F)c1)C1C=C(N=Nc2cccc(-c3csc(Nc4cccc(C(F)(F)F)c4)n3)c2)C=CC1. The van der Waals surface area contributed by atoms with E-state index in [1.54, 1.807) is 30.5 Å². The summed E-state index contributed by atoms with van der Waals surface area (Å²) >= 11 is 1.26. The monoisotopic (exact) mass is 666 g/mol. The summed E-state index contributed by atoms with van der Waals surface area (Å²) in [5, 5.41) is 16.9. The number of hydrogen-bond donors (Lipinski definition) is 2. The Kier molecular flexibility index (Phi) is 10.0. The summed E-state index contributed by atoms with van der Waals surface area (Å²) < 4.78 is 78.5. The van der Waals surface area contributed by atoms with Crippen LogP contribution in [0.15, 0.2) is 129 Å². The molecule has 13 heteroatoms. The van der Waals surface area contributed by atoms with Crippen molar-refractivity contribution in [2.75, 3.05) is 10.6 Å². The molecular formula is C34H28F6N6S. The van der Waals surface area contributed by atoms with Gasteiger partial charge in [-0.25, -0.2) is 9.98 Å². The van der Waals surface area contributed by atoms with E-state index in [1.807, 2.05) is 49.4 Å². The van der Waals surface area contributed by atoms with E-state index in [-0.39, 0.29) is 17.3 Å². The maximum absolute atomic E-state index is 13.1. The summed E-state index contributed by atoms with van der Waals surface area (Å²) in [6.45, 7) is 3.53. The van der Waals surface area contributed by atoms with Gasteiger partial charge >= 0.3 is 12.4 Å². The van der Waals surface area contributed by atoms with Gasteiger partial charge in [0.15, 0.2) is 5.13 Å². The van der Waals surface area contributed by atoms with E-state index in [0.29, 0.717) is 34.5 Å². The molecule has 0 spiro atoms. The van der Waals surface area contributed by atoms with Crippen molar-refractivity contribution in [3.63, 3.8) is 0 Å². The molecular weight excluding hydrogens is 638 g/mol. The second-order valence-electron chi connectivity index (χ2n) is 10.4. The van der Waals surface area contributed by atoms with Gasteiger partial charge in [0.1, 0.15) is 5.84 Å². The summed E-state index contributed by atoms with van der Waals surface area (Å²) in [6, 6.07) is 17.1. The lowest BCUT2D eigenvalue weighted by Gasteiger charge is -2.17. The zero-order valence-electron chi connectivity index (χ0n) is 25.1. The molecule has 1 heterocycles. The molecule has 0 radical (unpaired) electrons. The van der Waals surface area contributed by atoms with E-state index in [2.05, 4.69) is 30.8 Å². The number of amidine groups is 1. The van der Waals surface area contributed by atoms with Crippen molar-refractivity contribution in [3.05, 3.63) is 125 Å². The average molecular weight is 667 g/mol. The molecule has 4 aromatic rings. The van der Waals surface area contributed by atoms with E-state index in [1.165, 1.54) is 23.5 Å². The summed E-state index contributed by atoms with van der Waals surface area (Å²) in [6.07, 6.45) is -0.643. The van der Waals surface area contributed by atoms with Crippen molar-refractivity contribution in [3.8, 4) is 11.3 Å². The van der Waals surface area contributed by atoms with Crippen LogP contribution >= 0.6 is 11.3 Å². The van der Waals surface area contributed by atoms with Crippen LogP contribution in [-0.4, -0.2) is 10.8 Å². The van der Waals surface area contributed by atoms with Gasteiger partial charge in [0.25, 0.3) is 0 Å². The highest BCUT2D eigenvalue weighted by molar-refractivity contribution is 7.14. The fourth-order valence-corrected chi connectivity index (χ4v) is 5.45. The highest BCUT2D eigenvalue weighted by Crippen LogP contribution is 2.34. The maximum Gasteiger partial charge on any atom is 0.416 e. The van der Waals surface area contributed by atoms with Gasteiger partial charge in [-0.3, -0.25) is 0 Å². The second-order valence-corrected chi connectivity index (χ2v) is 11.3. The number of aliphatic imine (C=N–C) groups is 1. The minimum atomic E-state index is -4.44. The van der Waals surface area contributed by atoms with Gasteiger partial charge in [0.2, 0.25) is 0 Å². The van der Waals surface area contributed by atoms with Crippen LogP contribution in [0.3, 0.4) is 0 Å². The van der Waals surface area contributed by atoms with Gasteiger partial charge in [-0.2, -0.15) is 36.6 Å². The zero-order valence-corrected chi connectivity index (χ0v) is 25.9. The number of thiazole rings is 1. The summed E-state index contributed by atoms with van der Waals surface area (Å²) in [4.78, 5) is 9.14. The van der Waals surface area contributed by atoms with Crippen molar-refractivity contribution in [1.29, 1.82) is 0 Å². The Morgan fingerprint density at radius 1 is 0.894 bits per heavy atom. The minimum Gasteiger partial charge on any atom is -0.344 e. The Balaban J connectivity index is 1.25. The summed E-state index contributed by atoms with van der Waals surface area (Å²) in [5.74, 6) is 0.317. The molecule has 242 valence electrons. The molecule has 5 rings (SSSR count). The lowest BCUT2D eigenvalue weighted by molar-refractivity contribution is -0.138. The molecule has 47 heavy (non-hydrogen) atoms. The average Bonchev–Trinajstić information content (AvgIpc) is 3.51. The quantitative estimate of drug-likeness (QED) is 0.0851. The first-order valence-electron chi connectivity index (χ1n) is 14.3. The molecule has 3 aromatic carbocycles. The number of anilines is 3. The first-order valence-corrected chi connectivity index (χ1v) is 15.2. The Morgan fingerprint density at radius 2 is 1.57 bits per heavy atom. The number of azo groups is 1. The van der Waals surface area contributed by atoms with E-state index in [9.17, 15) is 26.3 Å². The molecule has 1 unspecified atom stereocenters. The Morgan fingerprint density at radius 3 is 2.28 bits per heavy atom. The summed E-state index contributed by atoms with van der Waals surface area (Å²) in [5.41, 5.74) is 2.37. The van der Waals surface area contributed by atoms with Crippen LogP contribution in [0.5, 0.6) is 0 Å². The third-order valence-electron chi connectivity index (χ3n) is 6.91. The molecule has 0 fully saturated rings. The number of benzene rings is 3. The molecule has 1 aromatic heterocycles. The van der Waals surface area contributed by atoms with Crippen LogP contribution in [0.2, 0.25) is 0 Å². The van der Waals surface area contributed by atoms with Crippen LogP contribution in [0.1, 0.15) is 31.4 Å².